The monoisotopic (exact) mass is 441 g/mol. The zero-order valence-corrected chi connectivity index (χ0v) is 18.5. The molecule has 5 heteroatoms. The molecule has 3 aromatic carbocycles. The number of cyclic esters (lactones) is 1. The van der Waals surface area contributed by atoms with Gasteiger partial charge in [-0.05, 0) is 54.3 Å². The average Bonchev–Trinajstić information content (AvgIpc) is 2.88. The second-order valence-electron chi connectivity index (χ2n) is 8.76. The maximum Gasteiger partial charge on any atom is 0.339 e. The predicted molar refractivity (Wildman–Crippen MR) is 125 cm³/mol. The number of carbonyl (C=O) groups is 2. The Labute approximate surface area is 193 Å². The minimum atomic E-state index is -0.333. The Hall–Kier alpha value is -3.60. The quantitative estimate of drug-likeness (QED) is 0.519. The van der Waals surface area contributed by atoms with Gasteiger partial charge in [-0.1, -0.05) is 48.5 Å². The summed E-state index contributed by atoms with van der Waals surface area (Å²) in [6, 6.07) is 24.9. The van der Waals surface area contributed by atoms with Crippen LogP contribution in [0.4, 0.5) is 0 Å². The van der Waals surface area contributed by atoms with Gasteiger partial charge in [0.2, 0.25) is 0 Å². The molecule has 3 aromatic rings. The third-order valence-corrected chi connectivity index (χ3v) is 6.43. The molecule has 2 atom stereocenters. The number of amides is 1. The van der Waals surface area contributed by atoms with E-state index in [9.17, 15) is 9.59 Å². The summed E-state index contributed by atoms with van der Waals surface area (Å²) in [7, 11) is 0. The lowest BCUT2D eigenvalue weighted by Crippen LogP contribution is -2.41. The van der Waals surface area contributed by atoms with Gasteiger partial charge in [0.25, 0.3) is 5.91 Å². The molecule has 2 heterocycles. The number of benzene rings is 3. The largest absolute Gasteiger partial charge is 0.493 e. The van der Waals surface area contributed by atoms with Crippen LogP contribution in [0, 0.1) is 5.92 Å². The van der Waals surface area contributed by atoms with E-state index in [-0.39, 0.29) is 18.0 Å². The van der Waals surface area contributed by atoms with Crippen molar-refractivity contribution in [1.82, 2.24) is 4.90 Å². The highest BCUT2D eigenvalue weighted by atomic mass is 16.5. The number of hydrogen-bond acceptors (Lipinski definition) is 4. The lowest BCUT2D eigenvalue weighted by molar-refractivity contribution is 0.0252. The molecule has 0 N–H and O–H groups in total. The maximum absolute atomic E-state index is 13.3. The molecule has 0 spiro atoms. The van der Waals surface area contributed by atoms with Gasteiger partial charge in [0.1, 0.15) is 11.9 Å². The molecule has 2 aliphatic rings. The van der Waals surface area contributed by atoms with Gasteiger partial charge >= 0.3 is 5.97 Å². The summed E-state index contributed by atoms with van der Waals surface area (Å²) in [5.74, 6) is 0.839. The molecule has 1 amide bonds. The molecule has 168 valence electrons. The highest BCUT2D eigenvalue weighted by molar-refractivity contribution is 5.97. The Morgan fingerprint density at radius 1 is 1.00 bits per heavy atom. The van der Waals surface area contributed by atoms with Gasteiger partial charge < -0.3 is 14.4 Å². The smallest absolute Gasteiger partial charge is 0.339 e. The van der Waals surface area contributed by atoms with Crippen LogP contribution in [0.25, 0.3) is 0 Å². The molecular weight excluding hydrogens is 414 g/mol. The summed E-state index contributed by atoms with van der Waals surface area (Å²) in [5.41, 5.74) is 3.00. The minimum absolute atomic E-state index is 0.0115. The van der Waals surface area contributed by atoms with Gasteiger partial charge in [-0.3, -0.25) is 4.79 Å². The van der Waals surface area contributed by atoms with Crippen LogP contribution >= 0.6 is 0 Å². The topological polar surface area (TPSA) is 55.8 Å². The van der Waals surface area contributed by atoms with Crippen LogP contribution in [0.3, 0.4) is 0 Å². The van der Waals surface area contributed by atoms with Gasteiger partial charge in [0.05, 0.1) is 12.2 Å². The summed E-state index contributed by atoms with van der Waals surface area (Å²) in [6.07, 6.45) is 2.25. The van der Waals surface area contributed by atoms with Crippen LogP contribution in [0.2, 0.25) is 0 Å². The summed E-state index contributed by atoms with van der Waals surface area (Å²) in [4.78, 5) is 27.8. The molecule has 0 aliphatic carbocycles. The molecule has 33 heavy (non-hydrogen) atoms. The second-order valence-corrected chi connectivity index (χ2v) is 8.76. The fraction of sp³-hybridized carbons (Fsp3) is 0.286. The molecule has 0 aromatic heterocycles. The fourth-order valence-corrected chi connectivity index (χ4v) is 4.68. The van der Waals surface area contributed by atoms with Crippen LogP contribution in [0.15, 0.2) is 78.9 Å². The summed E-state index contributed by atoms with van der Waals surface area (Å²) < 4.78 is 11.6. The fourth-order valence-electron chi connectivity index (χ4n) is 4.68. The average molecular weight is 442 g/mol. The van der Waals surface area contributed by atoms with E-state index in [0.717, 1.165) is 36.3 Å². The lowest BCUT2D eigenvalue weighted by atomic mass is 9.92. The Morgan fingerprint density at radius 3 is 2.55 bits per heavy atom. The molecule has 1 saturated heterocycles. The van der Waals surface area contributed by atoms with Gasteiger partial charge in [0, 0.05) is 31.0 Å². The SMILES string of the molecule is O=C1OC(c2ccccc2)Cc2cc(C(=O)N3CCCC(COc4ccccc4)C3)ccc21. The van der Waals surface area contributed by atoms with Crippen LogP contribution < -0.4 is 4.74 Å². The third kappa shape index (κ3) is 4.77. The molecule has 0 bridgehead atoms. The molecule has 2 aliphatic heterocycles. The van der Waals surface area contributed by atoms with E-state index in [1.165, 1.54) is 0 Å². The summed E-state index contributed by atoms with van der Waals surface area (Å²) in [6.45, 7) is 2.02. The first kappa shape index (κ1) is 21.3. The number of para-hydroxylation sites is 1. The van der Waals surface area contributed by atoms with E-state index in [0.29, 0.717) is 36.6 Å². The molecule has 0 saturated carbocycles. The highest BCUT2D eigenvalue weighted by Crippen LogP contribution is 2.31. The summed E-state index contributed by atoms with van der Waals surface area (Å²) >= 11 is 0. The molecule has 1 fully saturated rings. The molecule has 2 unspecified atom stereocenters. The number of carbonyl (C=O) groups excluding carboxylic acids is 2. The van der Waals surface area contributed by atoms with Gasteiger partial charge in [-0.25, -0.2) is 4.79 Å². The van der Waals surface area contributed by atoms with Crippen molar-refractivity contribution in [2.75, 3.05) is 19.7 Å². The van der Waals surface area contributed by atoms with Gasteiger partial charge in [-0.2, -0.15) is 0 Å². The van der Waals surface area contributed by atoms with Crippen molar-refractivity contribution in [3.05, 3.63) is 101 Å². The second kappa shape index (κ2) is 9.49. The number of fused-ring (bicyclic) bond motifs is 1. The number of nitrogens with zero attached hydrogens (tertiary/aromatic N) is 1. The standard InChI is InChI=1S/C28H27NO4/c30-27(29-15-7-8-20(18-29)19-32-24-11-5-2-6-12-24)22-13-14-25-23(16-22)17-26(33-28(25)31)21-9-3-1-4-10-21/h1-6,9-14,16,20,26H,7-8,15,17-19H2. The Balaban J connectivity index is 1.27. The Bertz CT molecular complexity index is 1130. The van der Waals surface area contributed by atoms with E-state index in [2.05, 4.69) is 0 Å². The first-order chi connectivity index (χ1) is 16.2. The van der Waals surface area contributed by atoms with Crippen molar-refractivity contribution < 1.29 is 19.1 Å². The van der Waals surface area contributed by atoms with Crippen LogP contribution in [0.5, 0.6) is 5.75 Å². The lowest BCUT2D eigenvalue weighted by Gasteiger charge is -2.33. The van der Waals surface area contributed by atoms with Crippen molar-refractivity contribution >= 4 is 11.9 Å². The van der Waals surface area contributed by atoms with Gasteiger partial charge in [0.15, 0.2) is 0 Å². The van der Waals surface area contributed by atoms with E-state index in [1.54, 1.807) is 12.1 Å². The number of ether oxygens (including phenoxy) is 2. The Morgan fingerprint density at radius 2 is 1.76 bits per heavy atom. The van der Waals surface area contributed by atoms with Crippen LogP contribution in [0.1, 0.15) is 50.8 Å². The zero-order valence-electron chi connectivity index (χ0n) is 18.5. The normalized spacial score (nSPS) is 20.0. The van der Waals surface area contributed by atoms with E-state index in [1.807, 2.05) is 71.6 Å². The Kier molecular flexibility index (Phi) is 6.11. The first-order valence-electron chi connectivity index (χ1n) is 11.5. The number of rotatable bonds is 5. The van der Waals surface area contributed by atoms with Crippen molar-refractivity contribution in [2.45, 2.75) is 25.4 Å². The number of likely N-dealkylation sites (tertiary alicyclic amines) is 1. The zero-order chi connectivity index (χ0) is 22.6. The minimum Gasteiger partial charge on any atom is -0.493 e. The predicted octanol–water partition coefficient (Wildman–Crippen LogP) is 5.07. The number of hydrogen-bond donors (Lipinski definition) is 0. The molecule has 5 nitrogen and oxygen atoms in total. The molecule has 0 radical (unpaired) electrons. The van der Waals surface area contributed by atoms with E-state index in [4.69, 9.17) is 9.47 Å². The molecule has 5 rings (SSSR count). The van der Waals surface area contributed by atoms with Crippen molar-refractivity contribution in [3.63, 3.8) is 0 Å². The maximum atomic E-state index is 13.3. The van der Waals surface area contributed by atoms with Crippen molar-refractivity contribution in [2.24, 2.45) is 5.92 Å². The van der Waals surface area contributed by atoms with E-state index < -0.39 is 0 Å². The third-order valence-electron chi connectivity index (χ3n) is 6.43. The van der Waals surface area contributed by atoms with Crippen molar-refractivity contribution in [1.29, 1.82) is 0 Å². The van der Waals surface area contributed by atoms with Crippen molar-refractivity contribution in [3.8, 4) is 5.75 Å². The summed E-state index contributed by atoms with van der Waals surface area (Å²) in [5, 5.41) is 0. The molecular formula is C28H27NO4. The van der Waals surface area contributed by atoms with Crippen LogP contribution in [-0.4, -0.2) is 36.5 Å². The first-order valence-corrected chi connectivity index (χ1v) is 11.5. The van der Waals surface area contributed by atoms with Gasteiger partial charge in [-0.15, -0.1) is 0 Å². The highest BCUT2D eigenvalue weighted by Gasteiger charge is 2.30. The number of piperidine rings is 1. The van der Waals surface area contributed by atoms with Crippen LogP contribution in [-0.2, 0) is 11.2 Å². The van der Waals surface area contributed by atoms with E-state index >= 15 is 0 Å². The number of esters is 1.